The number of hydrogen-bond donors (Lipinski definition) is 1. The smallest absolute Gasteiger partial charge is 0.373 e. The number of quaternary nitrogens is 1. The molecule has 1 unspecified atom stereocenters. The zero-order valence-corrected chi connectivity index (χ0v) is 19.5. The minimum Gasteiger partial charge on any atom is -0.476 e. The maximum atomic E-state index is 12.8. The zero-order chi connectivity index (χ0) is 21.5. The van der Waals surface area contributed by atoms with Gasteiger partial charge in [-0.05, 0) is 12.8 Å². The Morgan fingerprint density at radius 2 is 1.07 bits per heavy atom. The highest BCUT2D eigenvalue weighted by molar-refractivity contribution is 6.06. The van der Waals surface area contributed by atoms with Gasteiger partial charge in [-0.15, -0.1) is 0 Å². The fourth-order valence-electron chi connectivity index (χ4n) is 4.23. The molecule has 1 atom stereocenters. The quantitative estimate of drug-likeness (QED) is 0.156. The average Bonchev–Trinajstić information content (AvgIpc) is 2.61. The third kappa shape index (κ3) is 9.54. The van der Waals surface area contributed by atoms with Crippen molar-refractivity contribution in [2.45, 2.75) is 122 Å². The predicted octanol–water partition coefficient (Wildman–Crippen LogP) is 6.37. The number of hydrogen-bond acceptors (Lipinski definition) is 2. The molecule has 0 aromatic rings. The van der Waals surface area contributed by atoms with Crippen LogP contribution in [0.4, 0.5) is 0 Å². The van der Waals surface area contributed by atoms with Crippen LogP contribution in [0.15, 0.2) is 0 Å². The van der Waals surface area contributed by atoms with Gasteiger partial charge in [0.25, 0.3) is 5.54 Å². The summed E-state index contributed by atoms with van der Waals surface area (Å²) in [6, 6.07) is 0. The molecular formula is C24H48NO3+. The number of carboxylic acids is 1. The highest BCUT2D eigenvalue weighted by atomic mass is 16.4. The van der Waals surface area contributed by atoms with E-state index in [1.165, 1.54) is 64.2 Å². The van der Waals surface area contributed by atoms with E-state index in [2.05, 4.69) is 6.92 Å². The van der Waals surface area contributed by atoms with Gasteiger partial charge < -0.3 is 9.59 Å². The second-order valence-corrected chi connectivity index (χ2v) is 9.34. The number of likely N-dealkylation sites (N-methyl/N-ethyl adjacent to an activating group) is 1. The zero-order valence-electron chi connectivity index (χ0n) is 19.5. The summed E-state index contributed by atoms with van der Waals surface area (Å²) in [5, 5.41) is 9.83. The Hall–Kier alpha value is -0.900. The minimum absolute atomic E-state index is 0.0996. The van der Waals surface area contributed by atoms with Crippen molar-refractivity contribution in [3.05, 3.63) is 0 Å². The molecule has 0 saturated carbocycles. The lowest BCUT2D eigenvalue weighted by atomic mass is 9.83. The summed E-state index contributed by atoms with van der Waals surface area (Å²) in [5.74, 6) is -1.07. The minimum atomic E-state index is -1.30. The monoisotopic (exact) mass is 398 g/mol. The molecule has 0 aliphatic rings. The number of unbranched alkanes of at least 4 members (excludes halogenated alkanes) is 12. The Morgan fingerprint density at radius 3 is 1.39 bits per heavy atom. The number of nitrogens with zero attached hydrogens (tertiary/aromatic N) is 1. The van der Waals surface area contributed by atoms with Gasteiger partial charge in [-0.25, -0.2) is 4.79 Å². The molecule has 4 heteroatoms. The molecule has 0 saturated heterocycles. The summed E-state index contributed by atoms with van der Waals surface area (Å²) < 4.78 is 0.160. The molecule has 0 aliphatic heterocycles. The molecule has 4 nitrogen and oxygen atoms in total. The number of ketones is 1. The van der Waals surface area contributed by atoms with Crippen LogP contribution in [-0.2, 0) is 9.59 Å². The molecule has 0 spiro atoms. The standard InChI is InChI=1S/C24H47NO3/c1-6-8-9-10-11-12-13-14-15-16-17-18-19-20-22(26)24(21-7-2,23(27)28)25(3,4)5/h6-21H2,1-5H3/p+1. The van der Waals surface area contributed by atoms with Crippen molar-refractivity contribution in [1.82, 2.24) is 0 Å². The van der Waals surface area contributed by atoms with E-state index < -0.39 is 11.5 Å². The van der Waals surface area contributed by atoms with Gasteiger partial charge in [0.1, 0.15) is 0 Å². The van der Waals surface area contributed by atoms with Crippen LogP contribution < -0.4 is 0 Å². The average molecular weight is 399 g/mol. The number of carbonyl (C=O) groups is 2. The highest BCUT2D eigenvalue weighted by Crippen LogP contribution is 2.29. The Balaban J connectivity index is 3.98. The van der Waals surface area contributed by atoms with Gasteiger partial charge in [0.05, 0.1) is 21.1 Å². The van der Waals surface area contributed by atoms with Crippen molar-refractivity contribution in [2.24, 2.45) is 0 Å². The Labute approximate surface area is 174 Å². The third-order valence-electron chi connectivity index (χ3n) is 6.08. The maximum Gasteiger partial charge on any atom is 0.373 e. The van der Waals surface area contributed by atoms with Crippen LogP contribution in [0, 0.1) is 0 Å². The Kier molecular flexibility index (Phi) is 14.5. The summed E-state index contributed by atoms with van der Waals surface area (Å²) in [5.41, 5.74) is -1.30. The second kappa shape index (κ2) is 15.0. The first kappa shape index (κ1) is 27.1. The number of rotatable bonds is 19. The molecule has 0 heterocycles. The van der Waals surface area contributed by atoms with Crippen LogP contribution in [-0.4, -0.2) is 48.0 Å². The maximum absolute atomic E-state index is 12.8. The van der Waals surface area contributed by atoms with Gasteiger partial charge in [-0.2, -0.15) is 0 Å². The lowest BCUT2D eigenvalue weighted by molar-refractivity contribution is -0.903. The molecule has 0 aromatic heterocycles. The molecule has 28 heavy (non-hydrogen) atoms. The molecule has 166 valence electrons. The molecule has 0 fully saturated rings. The molecular weight excluding hydrogens is 350 g/mol. The van der Waals surface area contributed by atoms with Crippen molar-refractivity contribution in [2.75, 3.05) is 21.1 Å². The first-order chi connectivity index (χ1) is 13.2. The number of aliphatic carboxylic acids is 1. The van der Waals surface area contributed by atoms with E-state index in [1.807, 2.05) is 28.1 Å². The van der Waals surface area contributed by atoms with E-state index in [4.69, 9.17) is 0 Å². The lowest BCUT2D eigenvalue weighted by Crippen LogP contribution is -2.66. The molecule has 0 rings (SSSR count). The van der Waals surface area contributed by atoms with Gasteiger partial charge in [0.2, 0.25) is 5.78 Å². The largest absolute Gasteiger partial charge is 0.476 e. The second-order valence-electron chi connectivity index (χ2n) is 9.34. The van der Waals surface area contributed by atoms with Crippen molar-refractivity contribution >= 4 is 11.8 Å². The van der Waals surface area contributed by atoms with E-state index in [0.717, 1.165) is 19.3 Å². The van der Waals surface area contributed by atoms with Crippen LogP contribution in [0.2, 0.25) is 0 Å². The van der Waals surface area contributed by atoms with Crippen LogP contribution in [0.1, 0.15) is 117 Å². The topological polar surface area (TPSA) is 54.4 Å². The fraction of sp³-hybridized carbons (Fsp3) is 0.917. The van der Waals surface area contributed by atoms with Crippen LogP contribution in [0.3, 0.4) is 0 Å². The summed E-state index contributed by atoms with van der Waals surface area (Å²) in [6.45, 7) is 4.21. The normalized spacial score (nSPS) is 14.0. The first-order valence-corrected chi connectivity index (χ1v) is 11.8. The summed E-state index contributed by atoms with van der Waals surface area (Å²) in [6.07, 6.45) is 17.9. The van der Waals surface area contributed by atoms with Gasteiger partial charge >= 0.3 is 5.97 Å². The van der Waals surface area contributed by atoms with Gasteiger partial charge in [-0.3, -0.25) is 4.79 Å². The van der Waals surface area contributed by atoms with Crippen molar-refractivity contribution in [3.63, 3.8) is 0 Å². The highest BCUT2D eigenvalue weighted by Gasteiger charge is 2.55. The fourth-order valence-corrected chi connectivity index (χ4v) is 4.23. The SMILES string of the molecule is CCCCCCCCCCCCCCCC(=O)C(CCC)(C(=O)O)[N+](C)(C)C. The first-order valence-electron chi connectivity index (χ1n) is 11.8. The van der Waals surface area contributed by atoms with E-state index in [9.17, 15) is 14.7 Å². The Morgan fingerprint density at radius 1 is 0.679 bits per heavy atom. The summed E-state index contributed by atoms with van der Waals surface area (Å²) in [7, 11) is 5.47. The van der Waals surface area contributed by atoms with E-state index in [-0.39, 0.29) is 10.3 Å². The van der Waals surface area contributed by atoms with Gasteiger partial charge in [-0.1, -0.05) is 90.9 Å². The van der Waals surface area contributed by atoms with Gasteiger partial charge in [0, 0.05) is 12.8 Å². The third-order valence-corrected chi connectivity index (χ3v) is 6.08. The molecule has 0 amide bonds. The van der Waals surface area contributed by atoms with Crippen molar-refractivity contribution in [1.29, 1.82) is 0 Å². The number of Topliss-reactive ketones (excluding diaryl/α,β-unsaturated/α-hetero) is 1. The van der Waals surface area contributed by atoms with Crippen molar-refractivity contribution < 1.29 is 19.2 Å². The number of carbonyl (C=O) groups excluding carboxylic acids is 1. The molecule has 0 aromatic carbocycles. The van der Waals surface area contributed by atoms with Gasteiger partial charge in [0.15, 0.2) is 0 Å². The molecule has 0 bridgehead atoms. The Bertz CT molecular complexity index is 428. The summed E-state index contributed by atoms with van der Waals surface area (Å²) >= 11 is 0. The van der Waals surface area contributed by atoms with E-state index in [1.54, 1.807) is 0 Å². The summed E-state index contributed by atoms with van der Waals surface area (Å²) in [4.78, 5) is 24.8. The van der Waals surface area contributed by atoms with Crippen LogP contribution in [0.25, 0.3) is 0 Å². The van der Waals surface area contributed by atoms with Crippen LogP contribution in [0.5, 0.6) is 0 Å². The predicted molar refractivity (Wildman–Crippen MR) is 119 cm³/mol. The molecule has 0 radical (unpaired) electrons. The van der Waals surface area contributed by atoms with Crippen molar-refractivity contribution in [3.8, 4) is 0 Å². The van der Waals surface area contributed by atoms with Crippen LogP contribution >= 0.6 is 0 Å². The van der Waals surface area contributed by atoms with E-state index >= 15 is 0 Å². The molecule has 0 aliphatic carbocycles. The molecule has 1 N–H and O–H groups in total. The lowest BCUT2D eigenvalue weighted by Gasteiger charge is -2.41. The number of carboxylic acid groups (broad SMARTS) is 1. The van der Waals surface area contributed by atoms with E-state index in [0.29, 0.717) is 19.3 Å².